The summed E-state index contributed by atoms with van der Waals surface area (Å²) in [6.45, 7) is 12.7. The van der Waals surface area contributed by atoms with E-state index < -0.39 is 17.8 Å². The number of rotatable bonds is 49. The quantitative estimate of drug-likeness (QED) is 0.0232. The van der Waals surface area contributed by atoms with Crippen molar-refractivity contribution in [3.63, 3.8) is 0 Å². The van der Waals surface area contributed by atoms with Gasteiger partial charge in [-0.25, -0.2) is 4.79 Å². The first kappa shape index (κ1) is 61.0. The molecule has 0 saturated heterocycles. The highest BCUT2D eigenvalue weighted by Crippen LogP contribution is 2.28. The number of ether oxygens (including phenoxy) is 6. The summed E-state index contributed by atoms with van der Waals surface area (Å²) >= 11 is 0. The van der Waals surface area contributed by atoms with Gasteiger partial charge in [-0.2, -0.15) is 0 Å². The minimum atomic E-state index is -1.09. The lowest BCUT2D eigenvalue weighted by molar-refractivity contribution is -0.285. The van der Waals surface area contributed by atoms with Crippen LogP contribution in [-0.4, -0.2) is 102 Å². The monoisotopic (exact) mass is 900 g/mol. The molecule has 0 heterocycles. The molecule has 63 heavy (non-hydrogen) atoms. The molecule has 374 valence electrons. The number of carbonyl (C=O) groups excluding carboxylic acids is 3. The maximum absolute atomic E-state index is 13.1. The number of methoxy groups -OCH3 is 1. The second kappa shape index (κ2) is 46.5. The van der Waals surface area contributed by atoms with E-state index in [0.717, 1.165) is 51.4 Å². The van der Waals surface area contributed by atoms with Crippen molar-refractivity contribution in [2.75, 3.05) is 66.3 Å². The standard InChI is InChI=1S/C51H101N3O9/c1-7-11-15-19-23-27-31-35-46(33-29-25-21-17-13-9-3)62-51(5,63-47(34-30-26-22-18-14-10-4)36-32-28-24-20-16-12-8-2)45-61-50(57)54-39-42-60-49(56)44-53-38-41-59-48(55)43-52-37-40-58-6/h46-47,52-53H,7-45H2,1-6H3,(H,54,57). The highest BCUT2D eigenvalue weighted by molar-refractivity contribution is 5.72. The molecule has 0 aromatic heterocycles. The van der Waals surface area contributed by atoms with Crippen LogP contribution in [0.3, 0.4) is 0 Å². The fourth-order valence-corrected chi connectivity index (χ4v) is 7.75. The van der Waals surface area contributed by atoms with E-state index >= 15 is 0 Å². The molecule has 0 saturated carbocycles. The molecule has 0 aliphatic rings. The third-order valence-corrected chi connectivity index (χ3v) is 11.5. The highest BCUT2D eigenvalue weighted by Gasteiger charge is 2.34. The Labute approximate surface area is 387 Å². The molecular formula is C51H101N3O9. The summed E-state index contributed by atoms with van der Waals surface area (Å²) in [6.07, 6.45) is 35.7. The molecular weight excluding hydrogens is 799 g/mol. The van der Waals surface area contributed by atoms with Crippen molar-refractivity contribution in [3.05, 3.63) is 0 Å². The highest BCUT2D eigenvalue weighted by atomic mass is 16.7. The van der Waals surface area contributed by atoms with Crippen LogP contribution in [-0.2, 0) is 38.0 Å². The summed E-state index contributed by atoms with van der Waals surface area (Å²) < 4.78 is 35.3. The topological polar surface area (TPSA) is 143 Å². The lowest BCUT2D eigenvalue weighted by atomic mass is 10.0. The van der Waals surface area contributed by atoms with Crippen LogP contribution in [0.2, 0.25) is 0 Å². The number of unbranched alkanes of at least 4 members (excludes halogenated alkanes) is 22. The van der Waals surface area contributed by atoms with Crippen LogP contribution >= 0.6 is 0 Å². The van der Waals surface area contributed by atoms with Gasteiger partial charge in [0.25, 0.3) is 0 Å². The summed E-state index contributed by atoms with van der Waals surface area (Å²) in [6, 6.07) is 0. The molecule has 0 aliphatic heterocycles. The fourth-order valence-electron chi connectivity index (χ4n) is 7.75. The molecule has 2 unspecified atom stereocenters. The first-order valence-corrected chi connectivity index (χ1v) is 26.2. The molecule has 12 heteroatoms. The predicted molar refractivity (Wildman–Crippen MR) is 258 cm³/mol. The van der Waals surface area contributed by atoms with Crippen LogP contribution in [0, 0.1) is 0 Å². The molecule has 2 atom stereocenters. The minimum Gasteiger partial charge on any atom is -0.463 e. The van der Waals surface area contributed by atoms with Gasteiger partial charge in [-0.05, 0) is 32.6 Å². The zero-order valence-electron chi connectivity index (χ0n) is 41.9. The van der Waals surface area contributed by atoms with Crippen molar-refractivity contribution in [1.82, 2.24) is 16.0 Å². The number of esters is 2. The maximum Gasteiger partial charge on any atom is 0.407 e. The molecule has 3 N–H and O–H groups in total. The van der Waals surface area contributed by atoms with E-state index in [-0.39, 0.29) is 57.6 Å². The molecule has 12 nitrogen and oxygen atoms in total. The molecule has 0 aliphatic carbocycles. The van der Waals surface area contributed by atoms with Gasteiger partial charge >= 0.3 is 18.0 Å². The molecule has 0 fully saturated rings. The van der Waals surface area contributed by atoms with Gasteiger partial charge in [-0.15, -0.1) is 0 Å². The van der Waals surface area contributed by atoms with E-state index in [1.807, 2.05) is 6.92 Å². The molecule has 0 aromatic rings. The summed E-state index contributed by atoms with van der Waals surface area (Å²) in [5.74, 6) is -1.94. The average Bonchev–Trinajstić information content (AvgIpc) is 3.27. The second-order valence-electron chi connectivity index (χ2n) is 17.8. The van der Waals surface area contributed by atoms with Crippen LogP contribution in [0.1, 0.15) is 227 Å². The normalized spacial score (nSPS) is 13.4. The van der Waals surface area contributed by atoms with E-state index in [9.17, 15) is 14.4 Å². The number of alkyl carbamates (subject to hydrolysis) is 1. The third-order valence-electron chi connectivity index (χ3n) is 11.5. The Hall–Kier alpha value is -1.99. The molecule has 0 bridgehead atoms. The van der Waals surface area contributed by atoms with E-state index in [0.29, 0.717) is 19.7 Å². The van der Waals surface area contributed by atoms with Crippen LogP contribution in [0.4, 0.5) is 4.79 Å². The summed E-state index contributed by atoms with van der Waals surface area (Å²) in [7, 11) is 1.60. The van der Waals surface area contributed by atoms with E-state index in [1.165, 1.54) is 141 Å². The number of nitrogens with one attached hydrogen (secondary N) is 3. The molecule has 0 aromatic carbocycles. The Bertz CT molecular complexity index is 981. The lowest BCUT2D eigenvalue weighted by Gasteiger charge is -2.37. The number of hydrogen-bond donors (Lipinski definition) is 3. The van der Waals surface area contributed by atoms with Crippen molar-refractivity contribution in [1.29, 1.82) is 0 Å². The largest absolute Gasteiger partial charge is 0.463 e. The Morgan fingerprint density at radius 1 is 0.444 bits per heavy atom. The van der Waals surface area contributed by atoms with Crippen molar-refractivity contribution in [2.24, 2.45) is 0 Å². The van der Waals surface area contributed by atoms with Gasteiger partial charge in [-0.3, -0.25) is 9.59 Å². The van der Waals surface area contributed by atoms with Gasteiger partial charge in [0.1, 0.15) is 19.8 Å². The van der Waals surface area contributed by atoms with Gasteiger partial charge in [0, 0.05) is 20.2 Å². The number of hydrogen-bond acceptors (Lipinski definition) is 11. The SMILES string of the molecule is CCCCCCCCCC(CCCCCCCC)OC(C)(COC(=O)NCCOC(=O)CNCCOC(=O)CNCCOC)OC(CCCCCCCC)CCCCCCCCC. The van der Waals surface area contributed by atoms with Crippen molar-refractivity contribution in [3.8, 4) is 0 Å². The van der Waals surface area contributed by atoms with Crippen LogP contribution in [0.15, 0.2) is 0 Å². The van der Waals surface area contributed by atoms with Crippen molar-refractivity contribution < 1.29 is 42.8 Å². The minimum absolute atomic E-state index is 0.000437. The van der Waals surface area contributed by atoms with Crippen LogP contribution in [0.5, 0.6) is 0 Å². The van der Waals surface area contributed by atoms with Gasteiger partial charge in [0.15, 0.2) is 0 Å². The van der Waals surface area contributed by atoms with E-state index in [1.54, 1.807) is 7.11 Å². The van der Waals surface area contributed by atoms with Gasteiger partial charge in [0.05, 0.1) is 38.4 Å². The molecule has 1 amide bonds. The van der Waals surface area contributed by atoms with Gasteiger partial charge in [0.2, 0.25) is 5.79 Å². The summed E-state index contributed by atoms with van der Waals surface area (Å²) in [5.41, 5.74) is 0. The van der Waals surface area contributed by atoms with Crippen LogP contribution in [0.25, 0.3) is 0 Å². The second-order valence-corrected chi connectivity index (χ2v) is 17.8. The Kier molecular flexibility index (Phi) is 45.1. The van der Waals surface area contributed by atoms with E-state index in [4.69, 9.17) is 28.4 Å². The average molecular weight is 900 g/mol. The molecule has 0 radical (unpaired) electrons. The zero-order valence-corrected chi connectivity index (χ0v) is 41.9. The molecule has 0 rings (SSSR count). The van der Waals surface area contributed by atoms with Crippen molar-refractivity contribution in [2.45, 2.75) is 245 Å². The first-order valence-electron chi connectivity index (χ1n) is 26.2. The Morgan fingerprint density at radius 2 is 0.778 bits per heavy atom. The van der Waals surface area contributed by atoms with Crippen molar-refractivity contribution >= 4 is 18.0 Å². The Balaban J connectivity index is 5.54. The Morgan fingerprint density at radius 3 is 1.14 bits per heavy atom. The summed E-state index contributed by atoms with van der Waals surface area (Å²) in [5, 5.41) is 8.56. The number of carbonyl (C=O) groups is 3. The predicted octanol–water partition coefficient (Wildman–Crippen LogP) is 11.9. The maximum atomic E-state index is 13.1. The van der Waals surface area contributed by atoms with Gasteiger partial charge < -0.3 is 44.4 Å². The number of amides is 1. The van der Waals surface area contributed by atoms with Gasteiger partial charge in [-0.1, -0.05) is 195 Å². The summed E-state index contributed by atoms with van der Waals surface area (Å²) in [4.78, 5) is 37.1. The lowest BCUT2D eigenvalue weighted by Crippen LogP contribution is -2.45. The first-order chi connectivity index (χ1) is 30.7. The third kappa shape index (κ3) is 42.4. The smallest absolute Gasteiger partial charge is 0.407 e. The van der Waals surface area contributed by atoms with E-state index in [2.05, 4.69) is 43.6 Å². The fraction of sp³-hybridized carbons (Fsp3) is 0.941. The molecule has 0 spiro atoms. The van der Waals surface area contributed by atoms with Crippen LogP contribution < -0.4 is 16.0 Å². The zero-order chi connectivity index (χ0) is 46.3.